The first-order valence-electron chi connectivity index (χ1n) is 9.71. The molecule has 1 aliphatic heterocycles. The highest BCUT2D eigenvalue weighted by Gasteiger charge is 2.21. The molecule has 1 saturated heterocycles. The molecule has 3 aromatic rings. The largest absolute Gasteiger partial charge is 0.340 e. The second kappa shape index (κ2) is 8.35. The van der Waals surface area contributed by atoms with Crippen LogP contribution in [0.2, 0.25) is 0 Å². The zero-order chi connectivity index (χ0) is 19.3. The number of para-hydroxylation sites is 2. The topological polar surface area (TPSA) is 69.3 Å². The number of hydrogen-bond donors (Lipinski definition) is 1. The zero-order valence-corrected chi connectivity index (χ0v) is 15.8. The SMILES string of the molecule is O=C(CCc1nc2ccccc2[nH]c1=O)N1CCN(Cc2ccccc2)CC1. The number of nitrogens with zero attached hydrogens (tertiary/aromatic N) is 3. The fraction of sp³-hybridized carbons (Fsp3) is 0.318. The first kappa shape index (κ1) is 18.4. The molecule has 4 rings (SSSR count). The first-order chi connectivity index (χ1) is 13.7. The minimum absolute atomic E-state index is 0.0914. The Morgan fingerprint density at radius 2 is 1.68 bits per heavy atom. The van der Waals surface area contributed by atoms with Crippen LogP contribution in [0.15, 0.2) is 59.4 Å². The lowest BCUT2D eigenvalue weighted by Gasteiger charge is -2.34. The number of nitrogens with one attached hydrogen (secondary N) is 1. The average molecular weight is 376 g/mol. The van der Waals surface area contributed by atoms with Gasteiger partial charge < -0.3 is 9.88 Å². The zero-order valence-electron chi connectivity index (χ0n) is 15.8. The number of aromatic amines is 1. The molecule has 1 aliphatic rings. The van der Waals surface area contributed by atoms with Crippen LogP contribution in [0.25, 0.3) is 11.0 Å². The maximum atomic E-state index is 12.6. The molecule has 1 fully saturated rings. The highest BCUT2D eigenvalue weighted by Crippen LogP contribution is 2.11. The molecule has 0 aliphatic carbocycles. The van der Waals surface area contributed by atoms with Crippen LogP contribution in [0.3, 0.4) is 0 Å². The minimum atomic E-state index is -0.209. The Morgan fingerprint density at radius 3 is 2.46 bits per heavy atom. The summed E-state index contributed by atoms with van der Waals surface area (Å²) >= 11 is 0. The first-order valence-corrected chi connectivity index (χ1v) is 9.71. The number of rotatable bonds is 5. The second-order valence-corrected chi connectivity index (χ2v) is 7.17. The molecular weight excluding hydrogens is 352 g/mol. The molecule has 28 heavy (non-hydrogen) atoms. The Balaban J connectivity index is 1.30. The summed E-state index contributed by atoms with van der Waals surface area (Å²) in [5.41, 5.74) is 2.98. The van der Waals surface area contributed by atoms with Gasteiger partial charge in [0.05, 0.1) is 11.0 Å². The van der Waals surface area contributed by atoms with Crippen LogP contribution in [0, 0.1) is 0 Å². The van der Waals surface area contributed by atoms with E-state index >= 15 is 0 Å². The summed E-state index contributed by atoms with van der Waals surface area (Å²) in [4.78, 5) is 36.3. The molecule has 0 saturated carbocycles. The molecule has 1 amide bonds. The number of piperazine rings is 1. The molecule has 0 spiro atoms. The predicted molar refractivity (Wildman–Crippen MR) is 109 cm³/mol. The molecule has 0 bridgehead atoms. The lowest BCUT2D eigenvalue weighted by atomic mass is 10.1. The molecule has 1 N–H and O–H groups in total. The molecule has 0 radical (unpaired) electrons. The van der Waals surface area contributed by atoms with Crippen LogP contribution in [0.1, 0.15) is 17.7 Å². The number of aromatic nitrogens is 2. The van der Waals surface area contributed by atoms with Crippen molar-refractivity contribution in [1.82, 2.24) is 19.8 Å². The third-order valence-corrected chi connectivity index (χ3v) is 5.22. The van der Waals surface area contributed by atoms with E-state index in [2.05, 4.69) is 39.1 Å². The van der Waals surface area contributed by atoms with Crippen molar-refractivity contribution < 1.29 is 4.79 Å². The molecule has 0 unspecified atom stereocenters. The lowest BCUT2D eigenvalue weighted by molar-refractivity contribution is -0.133. The normalized spacial score (nSPS) is 15.1. The van der Waals surface area contributed by atoms with Gasteiger partial charge >= 0.3 is 0 Å². The van der Waals surface area contributed by atoms with Gasteiger partial charge in [-0.3, -0.25) is 14.5 Å². The molecule has 0 atom stereocenters. The van der Waals surface area contributed by atoms with Crippen molar-refractivity contribution in [2.45, 2.75) is 19.4 Å². The van der Waals surface area contributed by atoms with Gasteiger partial charge in [-0.25, -0.2) is 4.98 Å². The highest BCUT2D eigenvalue weighted by molar-refractivity contribution is 5.77. The van der Waals surface area contributed by atoms with Crippen molar-refractivity contribution in [3.63, 3.8) is 0 Å². The van der Waals surface area contributed by atoms with E-state index in [0.29, 0.717) is 18.5 Å². The number of carbonyl (C=O) groups excluding carboxylic acids is 1. The number of amides is 1. The Bertz CT molecular complexity index is 1010. The van der Waals surface area contributed by atoms with E-state index in [1.165, 1.54) is 5.56 Å². The smallest absolute Gasteiger partial charge is 0.270 e. The number of benzene rings is 2. The van der Waals surface area contributed by atoms with Crippen molar-refractivity contribution in [2.24, 2.45) is 0 Å². The fourth-order valence-electron chi connectivity index (χ4n) is 3.62. The lowest BCUT2D eigenvalue weighted by Crippen LogP contribution is -2.48. The number of H-pyrrole nitrogens is 1. The van der Waals surface area contributed by atoms with Gasteiger partial charge in [0.2, 0.25) is 5.91 Å². The summed E-state index contributed by atoms with van der Waals surface area (Å²) in [7, 11) is 0. The summed E-state index contributed by atoms with van der Waals surface area (Å²) in [6.45, 7) is 4.12. The quantitative estimate of drug-likeness (QED) is 0.741. The highest BCUT2D eigenvalue weighted by atomic mass is 16.2. The van der Waals surface area contributed by atoms with Crippen LogP contribution in [0.4, 0.5) is 0 Å². The van der Waals surface area contributed by atoms with Crippen molar-refractivity contribution in [2.75, 3.05) is 26.2 Å². The van der Waals surface area contributed by atoms with Crippen LogP contribution >= 0.6 is 0 Å². The summed E-state index contributed by atoms with van der Waals surface area (Å²) in [6.07, 6.45) is 0.677. The van der Waals surface area contributed by atoms with E-state index in [9.17, 15) is 9.59 Å². The fourth-order valence-corrected chi connectivity index (χ4v) is 3.62. The van der Waals surface area contributed by atoms with Crippen LogP contribution in [-0.4, -0.2) is 51.9 Å². The Morgan fingerprint density at radius 1 is 0.964 bits per heavy atom. The van der Waals surface area contributed by atoms with Crippen LogP contribution in [-0.2, 0) is 17.8 Å². The van der Waals surface area contributed by atoms with Crippen molar-refractivity contribution in [3.8, 4) is 0 Å². The second-order valence-electron chi connectivity index (χ2n) is 7.17. The molecule has 2 heterocycles. The molecular formula is C22H24N4O2. The monoisotopic (exact) mass is 376 g/mol. The Hall–Kier alpha value is -2.99. The average Bonchev–Trinajstić information content (AvgIpc) is 2.73. The van der Waals surface area contributed by atoms with Gasteiger partial charge in [0, 0.05) is 45.6 Å². The Kier molecular flexibility index (Phi) is 5.48. The van der Waals surface area contributed by atoms with Gasteiger partial charge in [0.15, 0.2) is 0 Å². The number of hydrogen-bond acceptors (Lipinski definition) is 4. The van der Waals surface area contributed by atoms with E-state index < -0.39 is 0 Å². The number of fused-ring (bicyclic) bond motifs is 1. The standard InChI is InChI=1S/C22H24N4O2/c27-21(11-10-20-22(28)24-19-9-5-4-8-18(19)23-20)26-14-12-25(13-15-26)16-17-6-2-1-3-7-17/h1-9H,10-16H2,(H,24,28). The predicted octanol–water partition coefficient (Wildman–Crippen LogP) is 2.20. The maximum Gasteiger partial charge on any atom is 0.270 e. The van der Waals surface area contributed by atoms with Gasteiger partial charge in [0.25, 0.3) is 5.56 Å². The summed E-state index contributed by atoms with van der Waals surface area (Å²) < 4.78 is 0. The third-order valence-electron chi connectivity index (χ3n) is 5.22. The van der Waals surface area contributed by atoms with Crippen LogP contribution < -0.4 is 5.56 Å². The van der Waals surface area contributed by atoms with E-state index in [1.807, 2.05) is 35.2 Å². The summed E-state index contributed by atoms with van der Waals surface area (Å²) in [5, 5.41) is 0. The van der Waals surface area contributed by atoms with Gasteiger partial charge in [-0.2, -0.15) is 0 Å². The molecule has 6 nitrogen and oxygen atoms in total. The third kappa shape index (κ3) is 4.28. The van der Waals surface area contributed by atoms with E-state index in [0.717, 1.165) is 43.8 Å². The van der Waals surface area contributed by atoms with Gasteiger partial charge in [0.1, 0.15) is 5.69 Å². The maximum absolute atomic E-state index is 12.6. The minimum Gasteiger partial charge on any atom is -0.340 e. The molecule has 6 heteroatoms. The van der Waals surface area contributed by atoms with Crippen molar-refractivity contribution in [1.29, 1.82) is 0 Å². The van der Waals surface area contributed by atoms with E-state index in [-0.39, 0.29) is 11.5 Å². The van der Waals surface area contributed by atoms with Crippen molar-refractivity contribution in [3.05, 3.63) is 76.2 Å². The number of carbonyl (C=O) groups is 1. The summed E-state index contributed by atoms with van der Waals surface area (Å²) in [6, 6.07) is 17.8. The van der Waals surface area contributed by atoms with Gasteiger partial charge in [-0.1, -0.05) is 42.5 Å². The Labute approximate surface area is 163 Å². The molecule has 1 aromatic heterocycles. The van der Waals surface area contributed by atoms with Crippen molar-refractivity contribution >= 4 is 16.9 Å². The summed E-state index contributed by atoms with van der Waals surface area (Å²) in [5.74, 6) is 0.0914. The van der Waals surface area contributed by atoms with Gasteiger partial charge in [-0.15, -0.1) is 0 Å². The molecule has 144 valence electrons. The van der Waals surface area contributed by atoms with Gasteiger partial charge in [-0.05, 0) is 17.7 Å². The number of aryl methyl sites for hydroxylation is 1. The van der Waals surface area contributed by atoms with E-state index in [1.54, 1.807) is 0 Å². The van der Waals surface area contributed by atoms with E-state index in [4.69, 9.17) is 0 Å². The molecule has 2 aromatic carbocycles. The van der Waals surface area contributed by atoms with Crippen LogP contribution in [0.5, 0.6) is 0 Å².